The van der Waals surface area contributed by atoms with Gasteiger partial charge in [0, 0.05) is 0 Å². The summed E-state index contributed by atoms with van der Waals surface area (Å²) in [4.78, 5) is 0. The van der Waals surface area contributed by atoms with Crippen molar-refractivity contribution in [2.75, 3.05) is 0 Å². The van der Waals surface area contributed by atoms with Gasteiger partial charge in [0.05, 0.1) is 0 Å². The van der Waals surface area contributed by atoms with Gasteiger partial charge in [-0.25, -0.2) is 0 Å². The Balaban J connectivity index is -0.000000125. The van der Waals surface area contributed by atoms with Gasteiger partial charge >= 0.3 is 23.1 Å². The molecule has 0 aromatic heterocycles. The minimum atomic E-state index is 0. The second kappa shape index (κ2) is 15.7. The molecular formula is C6H11ClMg. The van der Waals surface area contributed by atoms with Crippen molar-refractivity contribution in [3.63, 3.8) is 0 Å². The minimum Gasteiger partial charge on any atom is -1.00 e. The first-order chi connectivity index (χ1) is 2.91. The first-order valence-electron chi connectivity index (χ1n) is 2.36. The van der Waals surface area contributed by atoms with Crippen molar-refractivity contribution in [2.45, 2.75) is 19.8 Å². The van der Waals surface area contributed by atoms with Crippen molar-refractivity contribution < 1.29 is 12.4 Å². The molecule has 0 aliphatic carbocycles. The molecule has 0 unspecified atom stereocenters. The van der Waals surface area contributed by atoms with E-state index < -0.39 is 0 Å². The molecule has 0 rings (SSSR count). The summed E-state index contributed by atoms with van der Waals surface area (Å²) in [5, 5.41) is 0. The van der Waals surface area contributed by atoms with Gasteiger partial charge in [0.25, 0.3) is 0 Å². The van der Waals surface area contributed by atoms with Gasteiger partial charge in [-0.05, 0) is 6.42 Å². The average Bonchev–Trinajstić information content (AvgIpc) is 1.61. The third-order valence-corrected chi connectivity index (χ3v) is 0.569. The van der Waals surface area contributed by atoms with Gasteiger partial charge in [0.2, 0.25) is 0 Å². The van der Waals surface area contributed by atoms with Crippen LogP contribution < -0.4 is 12.4 Å². The standard InChI is InChI=1S/C6H11.ClH.Mg/c1-3-5-6-4-2;;/h5-6H,1,3-4H2,2H3;1H;/q-1;;+2/p-1/b6-5+;;. The molecule has 0 heterocycles. The third-order valence-electron chi connectivity index (χ3n) is 0.569. The first kappa shape index (κ1) is 15.9. The maximum absolute atomic E-state index is 3.64. The van der Waals surface area contributed by atoms with E-state index in [1.165, 1.54) is 0 Å². The number of hydrogen-bond donors (Lipinski definition) is 0. The zero-order valence-electron chi connectivity index (χ0n) is 5.36. The van der Waals surface area contributed by atoms with E-state index in [1.54, 1.807) is 0 Å². The van der Waals surface area contributed by atoms with Gasteiger partial charge in [-0.1, -0.05) is 13.0 Å². The molecule has 0 fully saturated rings. The fraction of sp³-hybridized carbons (Fsp3) is 0.500. The second-order valence-corrected chi connectivity index (χ2v) is 1.17. The Morgan fingerprint density at radius 3 is 2.00 bits per heavy atom. The summed E-state index contributed by atoms with van der Waals surface area (Å²) in [6.07, 6.45) is 6.25. The van der Waals surface area contributed by atoms with Crippen molar-refractivity contribution >= 4 is 23.1 Å². The molecule has 0 aromatic carbocycles. The van der Waals surface area contributed by atoms with Crippen molar-refractivity contribution in [3.8, 4) is 0 Å². The topological polar surface area (TPSA) is 0 Å². The van der Waals surface area contributed by atoms with Crippen LogP contribution in [-0.2, 0) is 0 Å². The normalized spacial score (nSPS) is 7.75. The molecule has 2 heteroatoms. The van der Waals surface area contributed by atoms with Crippen molar-refractivity contribution in [2.24, 2.45) is 0 Å². The first-order valence-corrected chi connectivity index (χ1v) is 2.36. The zero-order valence-corrected chi connectivity index (χ0v) is 7.53. The van der Waals surface area contributed by atoms with Gasteiger partial charge in [0.15, 0.2) is 0 Å². The second-order valence-electron chi connectivity index (χ2n) is 1.17. The van der Waals surface area contributed by atoms with Crippen LogP contribution in [0.2, 0.25) is 0 Å². The van der Waals surface area contributed by atoms with E-state index in [1.807, 2.05) is 0 Å². The van der Waals surface area contributed by atoms with Crippen LogP contribution in [0, 0.1) is 6.92 Å². The Kier molecular flexibility index (Phi) is 31.1. The van der Waals surface area contributed by atoms with Crippen molar-refractivity contribution in [1.29, 1.82) is 0 Å². The van der Waals surface area contributed by atoms with E-state index >= 15 is 0 Å². The largest absolute Gasteiger partial charge is 2.00 e. The molecule has 0 N–H and O–H groups in total. The minimum absolute atomic E-state index is 0. The molecule has 0 aromatic rings. The predicted molar refractivity (Wildman–Crippen MR) is 35.2 cm³/mol. The molecule has 0 aliphatic heterocycles. The van der Waals surface area contributed by atoms with Gasteiger partial charge in [-0.3, -0.25) is 0 Å². The summed E-state index contributed by atoms with van der Waals surface area (Å²) in [6.45, 7) is 5.75. The van der Waals surface area contributed by atoms with E-state index in [-0.39, 0.29) is 35.5 Å². The van der Waals surface area contributed by atoms with E-state index in [9.17, 15) is 0 Å². The van der Waals surface area contributed by atoms with Crippen molar-refractivity contribution in [3.05, 3.63) is 19.1 Å². The quantitative estimate of drug-likeness (QED) is 0.258. The van der Waals surface area contributed by atoms with Crippen LogP contribution in [0.5, 0.6) is 0 Å². The van der Waals surface area contributed by atoms with Gasteiger partial charge < -0.3 is 19.3 Å². The fourth-order valence-electron chi connectivity index (χ4n) is 0.285. The molecule has 0 aliphatic rings. The Morgan fingerprint density at radius 1 is 1.38 bits per heavy atom. The molecule has 0 spiro atoms. The summed E-state index contributed by atoms with van der Waals surface area (Å²) in [5.74, 6) is 0. The molecule has 8 heavy (non-hydrogen) atoms. The van der Waals surface area contributed by atoms with Crippen LogP contribution in [0.3, 0.4) is 0 Å². The van der Waals surface area contributed by atoms with Crippen molar-refractivity contribution in [1.82, 2.24) is 0 Å². The summed E-state index contributed by atoms with van der Waals surface area (Å²) < 4.78 is 0. The summed E-state index contributed by atoms with van der Waals surface area (Å²) >= 11 is 0. The zero-order chi connectivity index (χ0) is 4.83. The number of hydrogen-bond acceptors (Lipinski definition) is 0. The Bertz CT molecular complexity index is 37.8. The molecule has 0 saturated heterocycles. The Hall–Kier alpha value is 0.796. The molecule has 0 nitrogen and oxygen atoms in total. The van der Waals surface area contributed by atoms with Crippen LogP contribution in [0.4, 0.5) is 0 Å². The summed E-state index contributed by atoms with van der Waals surface area (Å²) in [6, 6.07) is 0. The van der Waals surface area contributed by atoms with Crippen LogP contribution in [0.1, 0.15) is 19.8 Å². The summed E-state index contributed by atoms with van der Waals surface area (Å²) in [7, 11) is 0. The Labute approximate surface area is 74.3 Å². The summed E-state index contributed by atoms with van der Waals surface area (Å²) in [5.41, 5.74) is 0. The monoisotopic (exact) mass is 142 g/mol. The van der Waals surface area contributed by atoms with Gasteiger partial charge in [-0.15, -0.1) is 6.08 Å². The van der Waals surface area contributed by atoms with Crippen LogP contribution in [0.25, 0.3) is 0 Å². The van der Waals surface area contributed by atoms with Crippen LogP contribution in [-0.4, -0.2) is 23.1 Å². The maximum Gasteiger partial charge on any atom is 2.00 e. The van der Waals surface area contributed by atoms with Gasteiger partial charge in [-0.2, -0.15) is 6.42 Å². The SMILES string of the molecule is [CH2-]C/C=C/CC.[Cl-].[Mg+2]. The molecule has 0 bridgehead atoms. The Morgan fingerprint density at radius 2 is 1.88 bits per heavy atom. The third kappa shape index (κ3) is 15.8. The van der Waals surface area contributed by atoms with Crippen LogP contribution in [0.15, 0.2) is 12.2 Å². The molecule has 0 amide bonds. The molecule has 44 valence electrons. The maximum atomic E-state index is 3.64. The average molecular weight is 143 g/mol. The molecular weight excluding hydrogens is 132 g/mol. The fourth-order valence-corrected chi connectivity index (χ4v) is 0.285. The van der Waals surface area contributed by atoms with E-state index in [0.717, 1.165) is 12.8 Å². The molecule has 0 atom stereocenters. The number of allylic oxidation sites excluding steroid dienone is 2. The number of rotatable bonds is 2. The van der Waals surface area contributed by atoms with Crippen LogP contribution >= 0.6 is 0 Å². The smallest absolute Gasteiger partial charge is 1.00 e. The predicted octanol–water partition coefficient (Wildman–Crippen LogP) is -1.20. The van der Waals surface area contributed by atoms with Gasteiger partial charge in [0.1, 0.15) is 0 Å². The molecule has 0 radical (unpaired) electrons. The van der Waals surface area contributed by atoms with E-state index in [0.29, 0.717) is 0 Å². The van der Waals surface area contributed by atoms with E-state index in [4.69, 9.17) is 0 Å². The number of halogens is 1. The van der Waals surface area contributed by atoms with E-state index in [2.05, 4.69) is 26.0 Å². The molecule has 0 saturated carbocycles.